The molecule has 0 amide bonds. The first kappa shape index (κ1) is 28.4. The largest absolute Gasteiger partial charge is 1.00 e. The Bertz CT molecular complexity index is 838. The number of hydrogen-bond acceptors (Lipinski definition) is 5. The van der Waals surface area contributed by atoms with Gasteiger partial charge in [-0.25, -0.2) is 0 Å². The molecule has 0 aliphatic rings. The van der Waals surface area contributed by atoms with Gasteiger partial charge in [0.25, 0.3) is 0 Å². The van der Waals surface area contributed by atoms with Gasteiger partial charge in [0.1, 0.15) is 28.6 Å². The Balaban J connectivity index is 0.00000512. The second kappa shape index (κ2) is 14.5. The Morgan fingerprint density at radius 2 is 1.44 bits per heavy atom. The molecule has 0 fully saturated rings. The standard InChI is InChI=1S/C25H35O5P.Li.H/c1-17(2)12-14-29-19-10-11-23(22(16-19)30-15-13-18(3)4)31-25(26)24-20(27-5)8-7-9-21(24)28-6;;/h7-11,16-18,31H,12-15H2,1-6H3;;/q;+1;-1. The van der Waals surface area contributed by atoms with Crippen molar-refractivity contribution in [1.29, 1.82) is 0 Å². The van der Waals surface area contributed by atoms with Gasteiger partial charge < -0.3 is 20.4 Å². The second-order valence-corrected chi connectivity index (χ2v) is 9.45. The Morgan fingerprint density at radius 3 is 1.97 bits per heavy atom. The van der Waals surface area contributed by atoms with Gasteiger partial charge in [-0.3, -0.25) is 4.79 Å². The molecule has 0 saturated carbocycles. The predicted molar refractivity (Wildman–Crippen MR) is 129 cm³/mol. The first-order valence-corrected chi connectivity index (χ1v) is 11.8. The first-order valence-electron chi connectivity index (χ1n) is 10.8. The Labute approximate surface area is 208 Å². The third-order valence-corrected chi connectivity index (χ3v) is 5.93. The van der Waals surface area contributed by atoms with Crippen LogP contribution >= 0.6 is 8.58 Å². The van der Waals surface area contributed by atoms with Crippen molar-refractivity contribution in [1.82, 2.24) is 0 Å². The van der Waals surface area contributed by atoms with Crippen LogP contribution in [0.25, 0.3) is 0 Å². The van der Waals surface area contributed by atoms with E-state index in [1.165, 1.54) is 0 Å². The molecular formula is C25H36LiO5P. The zero-order valence-electron chi connectivity index (χ0n) is 21.5. The van der Waals surface area contributed by atoms with E-state index in [0.29, 0.717) is 47.9 Å². The van der Waals surface area contributed by atoms with Gasteiger partial charge in [-0.05, 0) is 57.5 Å². The van der Waals surface area contributed by atoms with Gasteiger partial charge in [-0.1, -0.05) is 33.8 Å². The average molecular weight is 454 g/mol. The number of rotatable bonds is 13. The van der Waals surface area contributed by atoms with Crippen LogP contribution in [0.15, 0.2) is 36.4 Å². The van der Waals surface area contributed by atoms with Crippen molar-refractivity contribution in [2.75, 3.05) is 27.4 Å². The van der Waals surface area contributed by atoms with Crippen molar-refractivity contribution in [3.63, 3.8) is 0 Å². The van der Waals surface area contributed by atoms with Crippen LogP contribution in [0, 0.1) is 11.8 Å². The molecule has 2 rings (SSSR count). The summed E-state index contributed by atoms with van der Waals surface area (Å²) in [6.07, 6.45) is 1.92. The van der Waals surface area contributed by atoms with E-state index in [0.717, 1.165) is 23.9 Å². The number of hydrogen-bond donors (Lipinski definition) is 0. The van der Waals surface area contributed by atoms with Crippen molar-refractivity contribution >= 4 is 19.4 Å². The number of carbonyl (C=O) groups is 1. The van der Waals surface area contributed by atoms with Gasteiger partial charge in [0.2, 0.25) is 0 Å². The van der Waals surface area contributed by atoms with Crippen LogP contribution in [-0.4, -0.2) is 33.0 Å². The summed E-state index contributed by atoms with van der Waals surface area (Å²) in [5.41, 5.74) is 0.396. The minimum absolute atomic E-state index is 0. The van der Waals surface area contributed by atoms with E-state index >= 15 is 0 Å². The van der Waals surface area contributed by atoms with Gasteiger partial charge in [0.05, 0.1) is 27.4 Å². The normalized spacial score (nSPS) is 11.0. The molecule has 0 radical (unpaired) electrons. The molecule has 0 heterocycles. The molecule has 32 heavy (non-hydrogen) atoms. The summed E-state index contributed by atoms with van der Waals surface area (Å²) in [6.45, 7) is 9.92. The monoisotopic (exact) mass is 454 g/mol. The summed E-state index contributed by atoms with van der Waals surface area (Å²) in [6, 6.07) is 11.1. The molecule has 0 aliphatic heterocycles. The minimum Gasteiger partial charge on any atom is -1.00 e. The average Bonchev–Trinajstić information content (AvgIpc) is 2.74. The molecular weight excluding hydrogens is 418 g/mol. The van der Waals surface area contributed by atoms with Crippen LogP contribution in [-0.2, 0) is 0 Å². The fourth-order valence-corrected chi connectivity index (χ4v) is 3.94. The van der Waals surface area contributed by atoms with E-state index in [1.807, 2.05) is 18.2 Å². The third kappa shape index (κ3) is 8.70. The van der Waals surface area contributed by atoms with Crippen molar-refractivity contribution in [3.05, 3.63) is 42.0 Å². The van der Waals surface area contributed by atoms with Crippen LogP contribution in [0.3, 0.4) is 0 Å². The van der Waals surface area contributed by atoms with Gasteiger partial charge in [0.15, 0.2) is 5.52 Å². The number of ether oxygens (including phenoxy) is 4. The quantitative estimate of drug-likeness (QED) is 0.344. The fraction of sp³-hybridized carbons (Fsp3) is 0.480. The van der Waals surface area contributed by atoms with E-state index in [-0.39, 0.29) is 34.4 Å². The molecule has 0 spiro atoms. The molecule has 0 N–H and O–H groups in total. The molecule has 2 aromatic rings. The zero-order chi connectivity index (χ0) is 22.8. The SMILES string of the molecule is COc1cccc(OC)c1C(=O)Pc1ccc(OCCC(C)C)cc1OCCC(C)C.[H-].[Li+]. The minimum atomic E-state index is -0.126. The zero-order valence-corrected chi connectivity index (χ0v) is 21.5. The van der Waals surface area contributed by atoms with E-state index in [9.17, 15) is 4.79 Å². The smallest absolute Gasteiger partial charge is 1.00 e. The summed E-state index contributed by atoms with van der Waals surface area (Å²) in [7, 11) is 2.98. The number of carbonyl (C=O) groups excluding carboxylic acids is 1. The summed E-state index contributed by atoms with van der Waals surface area (Å²) in [5.74, 6) is 3.59. The van der Waals surface area contributed by atoms with E-state index in [4.69, 9.17) is 18.9 Å². The van der Waals surface area contributed by atoms with Crippen LogP contribution in [0.2, 0.25) is 0 Å². The first-order chi connectivity index (χ1) is 14.8. The van der Waals surface area contributed by atoms with Crippen LogP contribution < -0.4 is 43.1 Å². The maximum Gasteiger partial charge on any atom is 1.00 e. The topological polar surface area (TPSA) is 54.0 Å². The second-order valence-electron chi connectivity index (χ2n) is 8.21. The van der Waals surface area contributed by atoms with Crippen molar-refractivity contribution in [2.24, 2.45) is 11.8 Å². The molecule has 2 aromatic carbocycles. The molecule has 0 aliphatic carbocycles. The van der Waals surface area contributed by atoms with Crippen LogP contribution in [0.4, 0.5) is 0 Å². The van der Waals surface area contributed by atoms with Gasteiger partial charge in [0, 0.05) is 11.4 Å². The molecule has 7 heteroatoms. The van der Waals surface area contributed by atoms with E-state index < -0.39 is 0 Å². The van der Waals surface area contributed by atoms with E-state index in [1.54, 1.807) is 32.4 Å². The molecule has 0 bridgehead atoms. The van der Waals surface area contributed by atoms with E-state index in [2.05, 4.69) is 27.7 Å². The maximum absolute atomic E-state index is 13.2. The van der Waals surface area contributed by atoms with Gasteiger partial charge in [-0.2, -0.15) is 0 Å². The summed E-state index contributed by atoms with van der Waals surface area (Å²) in [4.78, 5) is 13.2. The molecule has 1 atom stereocenters. The molecule has 0 saturated heterocycles. The molecule has 5 nitrogen and oxygen atoms in total. The third-order valence-electron chi connectivity index (χ3n) is 4.77. The van der Waals surface area contributed by atoms with Crippen LogP contribution in [0.1, 0.15) is 52.3 Å². The Kier molecular flexibility index (Phi) is 12.8. The van der Waals surface area contributed by atoms with Crippen molar-refractivity contribution in [3.8, 4) is 23.0 Å². The Morgan fingerprint density at radius 1 is 0.875 bits per heavy atom. The Hall–Kier alpha value is -1.66. The number of benzene rings is 2. The number of methoxy groups -OCH3 is 2. The van der Waals surface area contributed by atoms with Crippen molar-refractivity contribution < 1.29 is 44.0 Å². The van der Waals surface area contributed by atoms with Crippen LogP contribution in [0.5, 0.6) is 23.0 Å². The molecule has 172 valence electrons. The summed E-state index contributed by atoms with van der Waals surface area (Å²) in [5, 5.41) is 0.845. The van der Waals surface area contributed by atoms with Gasteiger partial charge >= 0.3 is 18.9 Å². The summed E-state index contributed by atoms with van der Waals surface area (Å²) >= 11 is 0. The maximum atomic E-state index is 13.2. The predicted octanol–water partition coefficient (Wildman–Crippen LogP) is 2.81. The van der Waals surface area contributed by atoms with Crippen molar-refractivity contribution in [2.45, 2.75) is 40.5 Å². The van der Waals surface area contributed by atoms with Gasteiger partial charge in [-0.15, -0.1) is 0 Å². The molecule has 0 aromatic heterocycles. The molecule has 1 unspecified atom stereocenters. The summed E-state index contributed by atoms with van der Waals surface area (Å²) < 4.78 is 22.8. The fourth-order valence-electron chi connectivity index (χ4n) is 2.89.